The molecule has 2 nitrogen and oxygen atoms in total. The summed E-state index contributed by atoms with van der Waals surface area (Å²) in [5.41, 5.74) is 0.937. The fraction of sp³-hybridized carbons (Fsp3) is 0.100. The molecule has 1 heterocycles. The highest BCUT2D eigenvalue weighted by atomic mass is 35.5. The Bertz CT molecular complexity index is 426. The van der Waals surface area contributed by atoms with Crippen molar-refractivity contribution in [2.75, 3.05) is 6.61 Å². The topological polar surface area (TPSA) is 26.3 Å². The van der Waals surface area contributed by atoms with Crippen LogP contribution in [0.2, 0.25) is 0 Å². The van der Waals surface area contributed by atoms with Crippen LogP contribution in [-0.2, 0) is 4.79 Å². The van der Waals surface area contributed by atoms with E-state index in [0.29, 0.717) is 28.2 Å². The van der Waals surface area contributed by atoms with Gasteiger partial charge >= 0.3 is 0 Å². The van der Waals surface area contributed by atoms with Gasteiger partial charge in [-0.3, -0.25) is 4.79 Å². The maximum Gasteiger partial charge on any atom is 0.150 e. The smallest absolute Gasteiger partial charge is 0.150 e. The molecule has 0 aliphatic carbocycles. The number of hydrogen-bond donors (Lipinski definition) is 0. The van der Waals surface area contributed by atoms with Crippen LogP contribution in [0, 0.1) is 5.82 Å². The molecule has 0 saturated heterocycles. The minimum atomic E-state index is -0.386. The van der Waals surface area contributed by atoms with Gasteiger partial charge in [-0.25, -0.2) is 4.39 Å². The molecule has 0 radical (unpaired) electrons. The van der Waals surface area contributed by atoms with Gasteiger partial charge in [0.1, 0.15) is 18.2 Å². The molecule has 0 fully saturated rings. The van der Waals surface area contributed by atoms with Crippen molar-refractivity contribution in [1.82, 2.24) is 0 Å². The third-order valence-corrected chi connectivity index (χ3v) is 2.43. The predicted molar refractivity (Wildman–Crippen MR) is 50.7 cm³/mol. The van der Waals surface area contributed by atoms with Crippen molar-refractivity contribution in [3.05, 3.63) is 35.2 Å². The molecule has 0 amide bonds. The Kier molecular flexibility index (Phi) is 2.25. The summed E-state index contributed by atoms with van der Waals surface area (Å²) in [6.07, 6.45) is 0.647. The van der Waals surface area contributed by atoms with Crippen molar-refractivity contribution >= 4 is 22.9 Å². The summed E-state index contributed by atoms with van der Waals surface area (Å²) in [6, 6.07) is 4.02. The van der Waals surface area contributed by atoms with Crippen LogP contribution in [0.15, 0.2) is 23.8 Å². The number of hydrogen-bond acceptors (Lipinski definition) is 2. The van der Waals surface area contributed by atoms with E-state index >= 15 is 0 Å². The molecule has 2 rings (SSSR count). The second-order valence-corrected chi connectivity index (χ2v) is 3.26. The first-order valence-corrected chi connectivity index (χ1v) is 4.36. The van der Waals surface area contributed by atoms with Crippen LogP contribution in [0.1, 0.15) is 5.56 Å². The van der Waals surface area contributed by atoms with E-state index in [-0.39, 0.29) is 12.4 Å². The molecule has 0 unspecified atom stereocenters. The van der Waals surface area contributed by atoms with Crippen LogP contribution >= 0.6 is 11.6 Å². The van der Waals surface area contributed by atoms with Crippen LogP contribution in [0.4, 0.5) is 4.39 Å². The van der Waals surface area contributed by atoms with Gasteiger partial charge in [-0.2, -0.15) is 0 Å². The molecular weight excluding hydrogens is 207 g/mol. The number of carbonyl (C=O) groups excluding carboxylic acids is 1. The van der Waals surface area contributed by atoms with Crippen LogP contribution in [-0.4, -0.2) is 12.9 Å². The second kappa shape index (κ2) is 3.42. The summed E-state index contributed by atoms with van der Waals surface area (Å²) < 4.78 is 18.0. The lowest BCUT2D eigenvalue weighted by Crippen LogP contribution is -2.10. The molecule has 0 N–H and O–H groups in total. The molecule has 4 heteroatoms. The number of halogens is 2. The van der Waals surface area contributed by atoms with E-state index in [1.54, 1.807) is 0 Å². The zero-order valence-corrected chi connectivity index (χ0v) is 7.84. The fourth-order valence-corrected chi connectivity index (χ4v) is 1.53. The van der Waals surface area contributed by atoms with Gasteiger partial charge in [0.25, 0.3) is 0 Å². The molecule has 1 aliphatic rings. The maximum absolute atomic E-state index is 12.8. The Morgan fingerprint density at radius 1 is 1.50 bits per heavy atom. The van der Waals surface area contributed by atoms with E-state index in [9.17, 15) is 9.18 Å². The van der Waals surface area contributed by atoms with Crippen molar-refractivity contribution in [2.45, 2.75) is 0 Å². The summed E-state index contributed by atoms with van der Waals surface area (Å²) in [5.74, 6) is -0.0108. The van der Waals surface area contributed by atoms with Crippen molar-refractivity contribution < 1.29 is 13.9 Å². The normalized spacial score (nSPS) is 14.7. The largest absolute Gasteiger partial charge is 0.488 e. The Hall–Kier alpha value is -1.35. The highest BCUT2D eigenvalue weighted by molar-refractivity contribution is 6.51. The highest BCUT2D eigenvalue weighted by Gasteiger charge is 2.18. The standard InChI is InChI=1S/C10H6ClFO2/c11-10-6(4-13)5-14-9-3-7(12)1-2-8(9)10/h1-4H,5H2. The van der Waals surface area contributed by atoms with Gasteiger partial charge in [0.2, 0.25) is 0 Å². The van der Waals surface area contributed by atoms with Crippen molar-refractivity contribution in [1.29, 1.82) is 0 Å². The summed E-state index contributed by atoms with van der Waals surface area (Å²) in [7, 11) is 0. The van der Waals surface area contributed by atoms with Crippen molar-refractivity contribution in [3.63, 3.8) is 0 Å². The molecule has 1 aromatic carbocycles. The van der Waals surface area contributed by atoms with Crippen molar-refractivity contribution in [3.8, 4) is 5.75 Å². The van der Waals surface area contributed by atoms with Crippen LogP contribution in [0.25, 0.3) is 5.03 Å². The van der Waals surface area contributed by atoms with Gasteiger partial charge in [-0.1, -0.05) is 11.6 Å². The quantitative estimate of drug-likeness (QED) is 0.668. The highest BCUT2D eigenvalue weighted by Crippen LogP contribution is 2.35. The zero-order valence-electron chi connectivity index (χ0n) is 7.09. The van der Waals surface area contributed by atoms with Gasteiger partial charge in [-0.05, 0) is 12.1 Å². The number of carbonyl (C=O) groups is 1. The Morgan fingerprint density at radius 3 is 3.00 bits per heavy atom. The van der Waals surface area contributed by atoms with Gasteiger partial charge in [-0.15, -0.1) is 0 Å². The third kappa shape index (κ3) is 1.40. The third-order valence-electron chi connectivity index (χ3n) is 1.99. The number of aldehydes is 1. The second-order valence-electron chi connectivity index (χ2n) is 2.89. The van der Waals surface area contributed by atoms with E-state index in [4.69, 9.17) is 16.3 Å². The molecule has 0 atom stereocenters. The SMILES string of the molecule is O=CC1=C(Cl)c2ccc(F)cc2OC1. The number of rotatable bonds is 1. The first kappa shape index (κ1) is 9.21. The van der Waals surface area contributed by atoms with Gasteiger partial charge in [0.05, 0.1) is 5.03 Å². The lowest BCUT2D eigenvalue weighted by Gasteiger charge is -2.17. The summed E-state index contributed by atoms with van der Waals surface area (Å²) in [6.45, 7) is 0.0960. The van der Waals surface area contributed by atoms with Gasteiger partial charge in [0, 0.05) is 17.2 Å². The predicted octanol–water partition coefficient (Wildman–Crippen LogP) is 2.37. The average molecular weight is 213 g/mol. The first-order chi connectivity index (χ1) is 6.72. The molecule has 0 aromatic heterocycles. The Morgan fingerprint density at radius 2 is 2.29 bits per heavy atom. The molecule has 0 bridgehead atoms. The minimum absolute atomic E-state index is 0.0960. The number of fused-ring (bicyclic) bond motifs is 1. The molecule has 1 aliphatic heterocycles. The molecule has 1 aromatic rings. The average Bonchev–Trinajstić information content (AvgIpc) is 2.18. The van der Waals surface area contributed by atoms with Crippen molar-refractivity contribution in [2.24, 2.45) is 0 Å². The zero-order chi connectivity index (χ0) is 10.1. The molecule has 72 valence electrons. The first-order valence-electron chi connectivity index (χ1n) is 3.99. The molecule has 14 heavy (non-hydrogen) atoms. The Balaban J connectivity index is 2.58. The van der Waals surface area contributed by atoms with Gasteiger partial charge in [0.15, 0.2) is 6.29 Å². The van der Waals surface area contributed by atoms with E-state index in [1.165, 1.54) is 18.2 Å². The minimum Gasteiger partial charge on any atom is -0.488 e. The Labute approximate surface area is 84.9 Å². The van der Waals surface area contributed by atoms with Crippen LogP contribution in [0.3, 0.4) is 0 Å². The molecular formula is C10H6ClFO2. The number of ether oxygens (including phenoxy) is 1. The van der Waals surface area contributed by atoms with E-state index in [2.05, 4.69) is 0 Å². The summed E-state index contributed by atoms with van der Waals surface area (Å²) in [5, 5.41) is 0.334. The van der Waals surface area contributed by atoms with Gasteiger partial charge < -0.3 is 4.74 Å². The monoisotopic (exact) mass is 212 g/mol. The molecule has 0 spiro atoms. The maximum atomic E-state index is 12.8. The summed E-state index contributed by atoms with van der Waals surface area (Å²) in [4.78, 5) is 10.6. The van der Waals surface area contributed by atoms with E-state index in [1.807, 2.05) is 0 Å². The summed E-state index contributed by atoms with van der Waals surface area (Å²) >= 11 is 5.91. The lowest BCUT2D eigenvalue weighted by atomic mass is 10.1. The van der Waals surface area contributed by atoms with Crippen LogP contribution in [0.5, 0.6) is 5.75 Å². The van der Waals surface area contributed by atoms with E-state index < -0.39 is 0 Å². The number of benzene rings is 1. The lowest BCUT2D eigenvalue weighted by molar-refractivity contribution is -0.105. The van der Waals surface area contributed by atoms with Crippen LogP contribution < -0.4 is 4.74 Å². The van der Waals surface area contributed by atoms with E-state index in [0.717, 1.165) is 0 Å². The fourth-order valence-electron chi connectivity index (χ4n) is 1.27. The molecule has 0 saturated carbocycles.